The fourth-order valence-electron chi connectivity index (χ4n) is 4.80. The van der Waals surface area contributed by atoms with Gasteiger partial charge in [0.05, 0.1) is 0 Å². The van der Waals surface area contributed by atoms with Crippen LogP contribution in [0.1, 0.15) is 28.4 Å². The second-order valence-electron chi connectivity index (χ2n) is 8.01. The zero-order valence-electron chi connectivity index (χ0n) is 15.9. The highest BCUT2D eigenvalue weighted by atomic mass is 16.2. The summed E-state index contributed by atoms with van der Waals surface area (Å²) < 4.78 is 1.86. The molecule has 3 aliphatic heterocycles. The van der Waals surface area contributed by atoms with Gasteiger partial charge < -0.3 is 19.7 Å². The Bertz CT molecular complexity index is 934. The summed E-state index contributed by atoms with van der Waals surface area (Å²) in [5.41, 5.74) is 1.26. The van der Waals surface area contributed by atoms with Gasteiger partial charge >= 0.3 is 0 Å². The molecule has 5 rings (SSSR count). The number of carbonyl (C=O) groups is 1. The number of piperazine rings is 1. The van der Waals surface area contributed by atoms with E-state index in [1.807, 2.05) is 28.8 Å². The molecule has 0 aliphatic carbocycles. The van der Waals surface area contributed by atoms with E-state index in [2.05, 4.69) is 15.2 Å². The second-order valence-corrected chi connectivity index (χ2v) is 8.01. The number of hydrogen-bond acceptors (Lipinski definition) is 5. The van der Waals surface area contributed by atoms with Crippen LogP contribution in [0.25, 0.3) is 0 Å². The molecule has 2 fully saturated rings. The van der Waals surface area contributed by atoms with Crippen LogP contribution < -0.4 is 15.8 Å². The molecule has 28 heavy (non-hydrogen) atoms. The SMILES string of the molecule is O=C(c1ccc2n(c1=O)C[C@@H]1CNC[C@H]2C1)N1CCN(c2ccccn2)CC1. The first-order valence-electron chi connectivity index (χ1n) is 10.1. The maximum Gasteiger partial charge on any atom is 0.263 e. The first kappa shape index (κ1) is 17.4. The molecule has 7 heteroatoms. The predicted octanol–water partition coefficient (Wildman–Crippen LogP) is 0.912. The van der Waals surface area contributed by atoms with E-state index >= 15 is 0 Å². The lowest BCUT2D eigenvalue weighted by molar-refractivity contribution is 0.0743. The highest BCUT2D eigenvalue weighted by Gasteiger charge is 2.33. The number of amides is 1. The first-order valence-corrected chi connectivity index (χ1v) is 10.1. The number of carbonyl (C=O) groups excluding carboxylic acids is 1. The molecule has 0 aromatic carbocycles. The minimum absolute atomic E-state index is 0.119. The largest absolute Gasteiger partial charge is 0.353 e. The zero-order valence-corrected chi connectivity index (χ0v) is 15.9. The van der Waals surface area contributed by atoms with Gasteiger partial charge in [-0.25, -0.2) is 4.98 Å². The van der Waals surface area contributed by atoms with Gasteiger partial charge in [-0.2, -0.15) is 0 Å². The van der Waals surface area contributed by atoms with Crippen molar-refractivity contribution in [2.24, 2.45) is 5.92 Å². The fourth-order valence-corrected chi connectivity index (χ4v) is 4.80. The molecule has 3 aliphatic rings. The van der Waals surface area contributed by atoms with E-state index in [4.69, 9.17) is 0 Å². The molecular formula is C21H25N5O2. The number of piperidine rings is 1. The van der Waals surface area contributed by atoms with Gasteiger partial charge in [0, 0.05) is 57.1 Å². The minimum atomic E-state index is -0.144. The molecule has 2 saturated heterocycles. The predicted molar refractivity (Wildman–Crippen MR) is 107 cm³/mol. The van der Waals surface area contributed by atoms with Crippen molar-refractivity contribution in [3.63, 3.8) is 0 Å². The lowest BCUT2D eigenvalue weighted by atomic mass is 9.84. The van der Waals surface area contributed by atoms with Crippen molar-refractivity contribution < 1.29 is 4.79 Å². The van der Waals surface area contributed by atoms with Crippen LogP contribution in [-0.4, -0.2) is 59.6 Å². The number of aromatic nitrogens is 2. The number of hydrogen-bond donors (Lipinski definition) is 1. The van der Waals surface area contributed by atoms with Crippen molar-refractivity contribution in [2.75, 3.05) is 44.2 Å². The molecule has 7 nitrogen and oxygen atoms in total. The van der Waals surface area contributed by atoms with Crippen molar-refractivity contribution in [1.82, 2.24) is 19.8 Å². The van der Waals surface area contributed by atoms with Crippen LogP contribution in [0.4, 0.5) is 5.82 Å². The Morgan fingerprint density at radius 1 is 1.07 bits per heavy atom. The molecule has 0 spiro atoms. The number of nitrogens with one attached hydrogen (secondary N) is 1. The van der Waals surface area contributed by atoms with Crippen LogP contribution in [0.5, 0.6) is 0 Å². The van der Waals surface area contributed by atoms with Crippen LogP contribution in [0, 0.1) is 5.92 Å². The molecule has 2 aromatic heterocycles. The molecule has 2 atom stereocenters. The van der Waals surface area contributed by atoms with E-state index in [-0.39, 0.29) is 11.5 Å². The molecular weight excluding hydrogens is 354 g/mol. The van der Waals surface area contributed by atoms with E-state index in [1.54, 1.807) is 17.2 Å². The number of anilines is 1. The smallest absolute Gasteiger partial charge is 0.263 e. The van der Waals surface area contributed by atoms with Gasteiger partial charge in [-0.1, -0.05) is 6.07 Å². The van der Waals surface area contributed by atoms with Gasteiger partial charge in [0.2, 0.25) is 0 Å². The van der Waals surface area contributed by atoms with Crippen LogP contribution in [0.2, 0.25) is 0 Å². The summed E-state index contributed by atoms with van der Waals surface area (Å²) in [6.07, 6.45) is 2.92. The summed E-state index contributed by atoms with van der Waals surface area (Å²) in [6.45, 7) is 5.24. The highest BCUT2D eigenvalue weighted by molar-refractivity contribution is 5.94. The lowest BCUT2D eigenvalue weighted by Crippen LogP contribution is -2.51. The molecule has 1 amide bonds. The van der Waals surface area contributed by atoms with E-state index in [0.717, 1.165) is 44.1 Å². The molecule has 0 unspecified atom stereocenters. The summed E-state index contributed by atoms with van der Waals surface area (Å²) in [4.78, 5) is 34.5. The zero-order chi connectivity index (χ0) is 19.1. The van der Waals surface area contributed by atoms with Crippen LogP contribution in [0.15, 0.2) is 41.3 Å². The third kappa shape index (κ3) is 2.99. The van der Waals surface area contributed by atoms with E-state index < -0.39 is 0 Å². The number of nitrogens with zero attached hydrogens (tertiary/aromatic N) is 4. The highest BCUT2D eigenvalue weighted by Crippen LogP contribution is 2.31. The summed E-state index contributed by atoms with van der Waals surface area (Å²) in [5, 5.41) is 3.45. The monoisotopic (exact) mass is 379 g/mol. The molecule has 5 heterocycles. The van der Waals surface area contributed by atoms with E-state index in [9.17, 15) is 9.59 Å². The van der Waals surface area contributed by atoms with Crippen molar-refractivity contribution in [1.29, 1.82) is 0 Å². The summed E-state index contributed by atoms with van der Waals surface area (Å²) in [6, 6.07) is 9.60. The number of fused-ring (bicyclic) bond motifs is 4. The van der Waals surface area contributed by atoms with E-state index in [0.29, 0.717) is 37.0 Å². The van der Waals surface area contributed by atoms with Crippen LogP contribution in [-0.2, 0) is 6.54 Å². The van der Waals surface area contributed by atoms with Gasteiger partial charge in [0.1, 0.15) is 11.4 Å². The van der Waals surface area contributed by atoms with Crippen molar-refractivity contribution in [2.45, 2.75) is 18.9 Å². The fraction of sp³-hybridized carbons (Fsp3) is 0.476. The summed E-state index contributed by atoms with van der Waals surface area (Å²) >= 11 is 0. The maximum atomic E-state index is 13.1. The van der Waals surface area contributed by atoms with E-state index in [1.165, 1.54) is 0 Å². The van der Waals surface area contributed by atoms with Gasteiger partial charge in [0.25, 0.3) is 11.5 Å². The Hall–Kier alpha value is -2.67. The average molecular weight is 379 g/mol. The quantitative estimate of drug-likeness (QED) is 0.840. The van der Waals surface area contributed by atoms with Gasteiger partial charge in [-0.15, -0.1) is 0 Å². The third-order valence-electron chi connectivity index (χ3n) is 6.28. The Morgan fingerprint density at radius 2 is 1.93 bits per heavy atom. The molecule has 0 radical (unpaired) electrons. The van der Waals surface area contributed by atoms with Crippen LogP contribution in [0.3, 0.4) is 0 Å². The Balaban J connectivity index is 1.34. The van der Waals surface area contributed by atoms with Gasteiger partial charge in [-0.05, 0) is 43.1 Å². The minimum Gasteiger partial charge on any atom is -0.353 e. The van der Waals surface area contributed by atoms with Gasteiger partial charge in [0.15, 0.2) is 0 Å². The Kier molecular flexibility index (Phi) is 4.39. The number of pyridine rings is 2. The van der Waals surface area contributed by atoms with Crippen molar-refractivity contribution in [3.8, 4) is 0 Å². The number of rotatable bonds is 2. The Labute approximate surface area is 164 Å². The average Bonchev–Trinajstić information content (AvgIpc) is 2.75. The lowest BCUT2D eigenvalue weighted by Gasteiger charge is -2.38. The standard InChI is InChI=1S/C21H25N5O2/c27-20(25-9-7-24(8-10-25)19-3-1-2-6-23-19)17-4-5-18-16-11-15(12-22-13-16)14-26(18)21(17)28/h1-6,15-16,22H,7-14H2/t15-,16+/m0/s1. The normalized spacial score (nSPS) is 24.0. The Morgan fingerprint density at radius 3 is 2.71 bits per heavy atom. The maximum absolute atomic E-state index is 13.1. The van der Waals surface area contributed by atoms with Gasteiger partial charge in [-0.3, -0.25) is 9.59 Å². The summed E-state index contributed by atoms with van der Waals surface area (Å²) in [5.74, 6) is 1.65. The van der Waals surface area contributed by atoms with Crippen LogP contribution >= 0.6 is 0 Å². The first-order chi connectivity index (χ1) is 13.7. The molecule has 146 valence electrons. The topological polar surface area (TPSA) is 70.5 Å². The molecule has 2 bridgehead atoms. The molecule has 1 N–H and O–H groups in total. The molecule has 0 saturated carbocycles. The second kappa shape index (κ2) is 7.05. The van der Waals surface area contributed by atoms with Crippen molar-refractivity contribution in [3.05, 3.63) is 58.1 Å². The summed E-state index contributed by atoms with van der Waals surface area (Å²) in [7, 11) is 0. The molecule has 2 aromatic rings. The third-order valence-corrected chi connectivity index (χ3v) is 6.28. The van der Waals surface area contributed by atoms with Crippen molar-refractivity contribution >= 4 is 11.7 Å².